The Balaban J connectivity index is 1.66. The van der Waals surface area contributed by atoms with Gasteiger partial charge in [0.2, 0.25) is 5.78 Å². The molecular weight excluding hydrogens is 364 g/mol. The first kappa shape index (κ1) is 18.8. The Morgan fingerprint density at radius 2 is 2.00 bits per heavy atom. The minimum atomic E-state index is -0.471. The molecule has 2 heterocycles. The zero-order valence-corrected chi connectivity index (χ0v) is 16.2. The maximum Gasteiger partial charge on any atom is 0.310 e. The van der Waals surface area contributed by atoms with Crippen LogP contribution in [0, 0.1) is 13.8 Å². The summed E-state index contributed by atoms with van der Waals surface area (Å²) in [4.78, 5) is 29.0. The van der Waals surface area contributed by atoms with E-state index in [0.717, 1.165) is 22.1 Å². The van der Waals surface area contributed by atoms with Crippen molar-refractivity contribution in [2.24, 2.45) is 0 Å². The number of nitrogens with zero attached hydrogens (tertiary/aromatic N) is 2. The van der Waals surface area contributed by atoms with Gasteiger partial charge >= 0.3 is 5.97 Å². The number of thiazole rings is 1. The fourth-order valence-electron chi connectivity index (χ4n) is 2.95. The molecule has 0 amide bonds. The summed E-state index contributed by atoms with van der Waals surface area (Å²) in [5, 5.41) is 2.69. The Labute approximate surface area is 161 Å². The largest absolute Gasteiger partial charge is 0.496 e. The topological polar surface area (TPSA) is 70.4 Å². The Kier molecular flexibility index (Phi) is 5.71. The summed E-state index contributed by atoms with van der Waals surface area (Å²) in [7, 11) is 1.55. The lowest BCUT2D eigenvalue weighted by Gasteiger charge is -2.08. The van der Waals surface area contributed by atoms with E-state index in [0.29, 0.717) is 11.3 Å². The lowest BCUT2D eigenvalue weighted by molar-refractivity contribution is -0.141. The van der Waals surface area contributed by atoms with Crippen LogP contribution in [0.2, 0.25) is 0 Å². The third-order valence-corrected chi connectivity index (χ3v) is 4.99. The standard InChI is InChI=1S/C20H20N2O4S/c1-13-10-16(14(2)22(13)20-21-8-9-27-20)17(23)12-26-19(24)11-15-6-4-5-7-18(15)25-3/h4-10H,11-12H2,1-3H3. The molecule has 0 saturated heterocycles. The number of Topliss-reactive ketones (excluding diaryl/α,β-unsaturated/α-hetero) is 1. The Morgan fingerprint density at radius 3 is 2.70 bits per heavy atom. The third-order valence-electron chi connectivity index (χ3n) is 4.23. The Hall–Kier alpha value is -2.93. The first-order valence-electron chi connectivity index (χ1n) is 8.40. The average Bonchev–Trinajstić information content (AvgIpc) is 3.28. The zero-order chi connectivity index (χ0) is 19.4. The van der Waals surface area contributed by atoms with Gasteiger partial charge in [0.25, 0.3) is 0 Å². The van der Waals surface area contributed by atoms with Crippen LogP contribution in [-0.4, -0.2) is 35.0 Å². The summed E-state index contributed by atoms with van der Waals surface area (Å²) in [5.74, 6) is -0.0892. The summed E-state index contributed by atoms with van der Waals surface area (Å²) >= 11 is 1.50. The summed E-state index contributed by atoms with van der Waals surface area (Å²) in [6, 6.07) is 9.02. The van der Waals surface area contributed by atoms with Crippen molar-refractivity contribution >= 4 is 23.1 Å². The van der Waals surface area contributed by atoms with Gasteiger partial charge in [-0.25, -0.2) is 4.98 Å². The van der Waals surface area contributed by atoms with E-state index in [9.17, 15) is 9.59 Å². The van der Waals surface area contributed by atoms with Gasteiger partial charge in [-0.05, 0) is 26.0 Å². The van der Waals surface area contributed by atoms with Gasteiger partial charge in [-0.2, -0.15) is 0 Å². The SMILES string of the molecule is COc1ccccc1CC(=O)OCC(=O)c1cc(C)n(-c2nccs2)c1C. The Bertz CT molecular complexity index is 961. The monoisotopic (exact) mass is 384 g/mol. The molecule has 0 aliphatic heterocycles. The molecule has 0 atom stereocenters. The maximum atomic E-state index is 12.5. The number of esters is 1. The number of carbonyl (C=O) groups excluding carboxylic acids is 2. The van der Waals surface area contributed by atoms with Gasteiger partial charge in [0.1, 0.15) is 5.75 Å². The number of aromatic nitrogens is 2. The molecular formula is C20H20N2O4S. The number of hydrogen-bond donors (Lipinski definition) is 0. The van der Waals surface area contributed by atoms with E-state index < -0.39 is 5.97 Å². The van der Waals surface area contributed by atoms with Crippen molar-refractivity contribution in [2.75, 3.05) is 13.7 Å². The summed E-state index contributed by atoms with van der Waals surface area (Å²) in [6.07, 6.45) is 1.77. The van der Waals surface area contributed by atoms with Crippen molar-refractivity contribution < 1.29 is 19.1 Å². The fourth-order valence-corrected chi connectivity index (χ4v) is 3.70. The molecule has 140 valence electrons. The highest BCUT2D eigenvalue weighted by molar-refractivity contribution is 7.12. The second-order valence-electron chi connectivity index (χ2n) is 6.01. The summed E-state index contributed by atoms with van der Waals surface area (Å²) < 4.78 is 12.3. The molecule has 0 bridgehead atoms. The number of hydrogen-bond acceptors (Lipinski definition) is 6. The molecule has 1 aromatic carbocycles. The van der Waals surface area contributed by atoms with Gasteiger partial charge in [-0.15, -0.1) is 11.3 Å². The first-order valence-corrected chi connectivity index (χ1v) is 9.28. The van der Waals surface area contributed by atoms with Gasteiger partial charge in [0.05, 0.1) is 13.5 Å². The van der Waals surface area contributed by atoms with Gasteiger partial charge in [0.15, 0.2) is 11.7 Å². The number of benzene rings is 1. The van der Waals surface area contributed by atoms with Gasteiger partial charge < -0.3 is 9.47 Å². The third kappa shape index (κ3) is 4.09. The maximum absolute atomic E-state index is 12.5. The highest BCUT2D eigenvalue weighted by atomic mass is 32.1. The molecule has 7 heteroatoms. The molecule has 3 rings (SSSR count). The predicted molar refractivity (Wildman–Crippen MR) is 103 cm³/mol. The molecule has 0 fully saturated rings. The quantitative estimate of drug-likeness (QED) is 0.460. The fraction of sp³-hybridized carbons (Fsp3) is 0.250. The minimum absolute atomic E-state index is 0.0510. The van der Waals surface area contributed by atoms with Crippen molar-refractivity contribution in [3.63, 3.8) is 0 Å². The normalized spacial score (nSPS) is 10.6. The number of para-hydroxylation sites is 1. The van der Waals surface area contributed by atoms with Crippen LogP contribution in [0.5, 0.6) is 5.75 Å². The number of carbonyl (C=O) groups is 2. The van der Waals surface area contributed by atoms with E-state index >= 15 is 0 Å². The van der Waals surface area contributed by atoms with Gasteiger partial charge in [0, 0.05) is 34.1 Å². The van der Waals surface area contributed by atoms with Crippen LogP contribution in [0.4, 0.5) is 0 Å². The van der Waals surface area contributed by atoms with Crippen molar-refractivity contribution in [1.82, 2.24) is 9.55 Å². The number of ketones is 1. The average molecular weight is 384 g/mol. The molecule has 0 aliphatic carbocycles. The molecule has 0 unspecified atom stereocenters. The zero-order valence-electron chi connectivity index (χ0n) is 15.4. The van der Waals surface area contributed by atoms with Crippen molar-refractivity contribution in [3.05, 3.63) is 64.4 Å². The van der Waals surface area contributed by atoms with E-state index in [1.165, 1.54) is 11.3 Å². The van der Waals surface area contributed by atoms with Crippen molar-refractivity contribution in [3.8, 4) is 10.9 Å². The van der Waals surface area contributed by atoms with E-state index in [-0.39, 0.29) is 18.8 Å². The molecule has 27 heavy (non-hydrogen) atoms. The summed E-state index contributed by atoms with van der Waals surface area (Å²) in [5.41, 5.74) is 2.95. The predicted octanol–water partition coefficient (Wildman–Crippen LogP) is 3.53. The molecule has 0 radical (unpaired) electrons. The molecule has 0 saturated carbocycles. The van der Waals surface area contributed by atoms with Crippen LogP contribution in [0.15, 0.2) is 41.9 Å². The van der Waals surface area contributed by atoms with E-state index in [4.69, 9.17) is 9.47 Å². The minimum Gasteiger partial charge on any atom is -0.496 e. The summed E-state index contributed by atoms with van der Waals surface area (Å²) in [6.45, 7) is 3.48. The number of methoxy groups -OCH3 is 1. The number of rotatable bonds is 7. The highest BCUT2D eigenvalue weighted by Gasteiger charge is 2.19. The second kappa shape index (κ2) is 8.18. The molecule has 0 N–H and O–H groups in total. The number of ether oxygens (including phenoxy) is 2. The van der Waals surface area contributed by atoms with Crippen LogP contribution < -0.4 is 4.74 Å². The lowest BCUT2D eigenvalue weighted by Crippen LogP contribution is -2.16. The molecule has 3 aromatic rings. The van der Waals surface area contributed by atoms with Gasteiger partial charge in [-0.1, -0.05) is 18.2 Å². The van der Waals surface area contributed by atoms with Crippen molar-refractivity contribution in [1.29, 1.82) is 0 Å². The number of aryl methyl sites for hydroxylation is 1. The molecule has 0 aliphatic rings. The molecule has 0 spiro atoms. The lowest BCUT2D eigenvalue weighted by atomic mass is 10.1. The first-order chi connectivity index (χ1) is 13.0. The molecule has 2 aromatic heterocycles. The highest BCUT2D eigenvalue weighted by Crippen LogP contribution is 2.23. The van der Waals surface area contributed by atoms with Crippen LogP contribution in [0.1, 0.15) is 27.3 Å². The van der Waals surface area contributed by atoms with Crippen LogP contribution in [-0.2, 0) is 16.0 Å². The second-order valence-corrected chi connectivity index (χ2v) is 6.88. The van der Waals surface area contributed by atoms with E-state index in [1.807, 2.05) is 35.9 Å². The van der Waals surface area contributed by atoms with Crippen LogP contribution in [0.3, 0.4) is 0 Å². The van der Waals surface area contributed by atoms with E-state index in [2.05, 4.69) is 4.98 Å². The Morgan fingerprint density at radius 1 is 1.22 bits per heavy atom. The smallest absolute Gasteiger partial charge is 0.310 e. The molecule has 6 nitrogen and oxygen atoms in total. The van der Waals surface area contributed by atoms with Gasteiger partial charge in [-0.3, -0.25) is 14.2 Å². The van der Waals surface area contributed by atoms with Crippen LogP contribution >= 0.6 is 11.3 Å². The van der Waals surface area contributed by atoms with Crippen molar-refractivity contribution in [2.45, 2.75) is 20.3 Å². The van der Waals surface area contributed by atoms with Crippen LogP contribution in [0.25, 0.3) is 5.13 Å². The van der Waals surface area contributed by atoms with E-state index in [1.54, 1.807) is 31.5 Å².